The van der Waals surface area contributed by atoms with E-state index in [1.165, 1.54) is 11.0 Å². The van der Waals surface area contributed by atoms with Crippen molar-refractivity contribution in [2.75, 3.05) is 6.16 Å². The van der Waals surface area contributed by atoms with Crippen molar-refractivity contribution in [2.24, 2.45) is 5.73 Å². The van der Waals surface area contributed by atoms with Crippen LogP contribution in [0.1, 0.15) is 36.1 Å². The van der Waals surface area contributed by atoms with E-state index in [2.05, 4.69) is 10.1 Å². The molecule has 0 bridgehead atoms. The lowest BCUT2D eigenvalue weighted by atomic mass is 10.2. The molecule has 1 aromatic rings. The van der Waals surface area contributed by atoms with Gasteiger partial charge in [0.05, 0.1) is 12.3 Å². The predicted octanol–water partition coefficient (Wildman–Crippen LogP) is -0.378. The Balaban J connectivity index is 1.90. The summed E-state index contributed by atoms with van der Waals surface area (Å²) in [6.45, 7) is 0. The molecule has 0 radical (unpaired) electrons. The molecular formula is C9H15N4O5P. The molecule has 0 unspecified atom stereocenters. The first kappa shape index (κ1) is 14.1. The number of rotatable bonds is 5. The molecule has 0 spiro atoms. The van der Waals surface area contributed by atoms with E-state index in [1.54, 1.807) is 0 Å². The van der Waals surface area contributed by atoms with E-state index < -0.39 is 13.5 Å². The quantitative estimate of drug-likeness (QED) is 0.628. The maximum absolute atomic E-state index is 10.9. The first-order valence-corrected chi connectivity index (χ1v) is 7.56. The minimum Gasteiger partial charge on any atom is -0.363 e. The lowest BCUT2D eigenvalue weighted by Crippen LogP contribution is -2.16. The van der Waals surface area contributed by atoms with Gasteiger partial charge in [-0.05, 0) is 19.3 Å². The van der Waals surface area contributed by atoms with Crippen LogP contribution in [0, 0.1) is 0 Å². The Labute approximate surface area is 108 Å². The van der Waals surface area contributed by atoms with Crippen LogP contribution in [-0.4, -0.2) is 42.7 Å². The highest BCUT2D eigenvalue weighted by molar-refractivity contribution is 7.51. The topological polar surface area (TPSA) is 141 Å². The van der Waals surface area contributed by atoms with Gasteiger partial charge < -0.3 is 20.3 Å². The Bertz CT molecular complexity index is 512. The molecule has 2 heterocycles. The number of aromatic nitrogens is 3. The molecule has 0 aliphatic carbocycles. The molecule has 1 fully saturated rings. The van der Waals surface area contributed by atoms with Crippen LogP contribution >= 0.6 is 7.60 Å². The lowest BCUT2D eigenvalue weighted by molar-refractivity contribution is -0.00680. The van der Waals surface area contributed by atoms with E-state index >= 15 is 0 Å². The number of ether oxygens (including phenoxy) is 1. The summed E-state index contributed by atoms with van der Waals surface area (Å²) in [7, 11) is -3.99. The summed E-state index contributed by atoms with van der Waals surface area (Å²) in [5.41, 5.74) is 5.04. The summed E-state index contributed by atoms with van der Waals surface area (Å²) >= 11 is 0. The zero-order chi connectivity index (χ0) is 14.0. The largest absolute Gasteiger partial charge is 0.363 e. The van der Waals surface area contributed by atoms with Gasteiger partial charge in [-0.3, -0.25) is 9.36 Å². The highest BCUT2D eigenvalue weighted by atomic mass is 31.2. The van der Waals surface area contributed by atoms with Crippen LogP contribution < -0.4 is 5.73 Å². The fourth-order valence-electron chi connectivity index (χ4n) is 1.93. The van der Waals surface area contributed by atoms with Crippen LogP contribution in [0.4, 0.5) is 0 Å². The summed E-state index contributed by atoms with van der Waals surface area (Å²) in [6.07, 6.45) is 2.17. The number of hydrogen-bond acceptors (Lipinski definition) is 5. The summed E-state index contributed by atoms with van der Waals surface area (Å²) in [5.74, 6) is -0.794. The number of carbonyl (C=O) groups is 1. The summed E-state index contributed by atoms with van der Waals surface area (Å²) < 4.78 is 17.8. The molecule has 1 aromatic heterocycles. The second-order valence-electron chi connectivity index (χ2n) is 4.38. The van der Waals surface area contributed by atoms with E-state index in [0.717, 1.165) is 0 Å². The van der Waals surface area contributed by atoms with Crippen molar-refractivity contribution < 1.29 is 23.9 Å². The van der Waals surface area contributed by atoms with Crippen LogP contribution in [0.5, 0.6) is 0 Å². The summed E-state index contributed by atoms with van der Waals surface area (Å²) in [6, 6.07) is 0. The number of hydrogen-bond donors (Lipinski definition) is 3. The van der Waals surface area contributed by atoms with Crippen molar-refractivity contribution in [1.29, 1.82) is 0 Å². The van der Waals surface area contributed by atoms with Gasteiger partial charge >= 0.3 is 7.60 Å². The molecule has 106 valence electrons. The molecule has 1 aliphatic rings. The second-order valence-corrected chi connectivity index (χ2v) is 6.16. The molecular weight excluding hydrogens is 275 g/mol. The molecule has 1 saturated heterocycles. The summed E-state index contributed by atoms with van der Waals surface area (Å²) in [4.78, 5) is 32.2. The lowest BCUT2D eigenvalue weighted by Gasteiger charge is -2.13. The molecule has 10 heteroatoms. The van der Waals surface area contributed by atoms with Crippen molar-refractivity contribution in [1.82, 2.24) is 14.8 Å². The van der Waals surface area contributed by atoms with Crippen molar-refractivity contribution in [3.8, 4) is 0 Å². The molecule has 0 saturated carbocycles. The van der Waals surface area contributed by atoms with Gasteiger partial charge in [-0.1, -0.05) is 0 Å². The summed E-state index contributed by atoms with van der Waals surface area (Å²) in [5, 5.41) is 3.89. The Hall–Kier alpha value is -1.28. The molecule has 1 amide bonds. The predicted molar refractivity (Wildman–Crippen MR) is 63.2 cm³/mol. The van der Waals surface area contributed by atoms with Gasteiger partial charge in [0.15, 0.2) is 6.23 Å². The fourth-order valence-corrected chi connectivity index (χ4v) is 2.56. The highest BCUT2D eigenvalue weighted by Gasteiger charge is 2.29. The van der Waals surface area contributed by atoms with Gasteiger partial charge in [0.25, 0.3) is 5.91 Å². The van der Waals surface area contributed by atoms with Gasteiger partial charge in [0.2, 0.25) is 5.82 Å². The van der Waals surface area contributed by atoms with E-state index in [0.29, 0.717) is 12.8 Å². The van der Waals surface area contributed by atoms with Gasteiger partial charge in [-0.15, -0.1) is 5.10 Å². The monoisotopic (exact) mass is 290 g/mol. The van der Waals surface area contributed by atoms with Crippen molar-refractivity contribution in [2.45, 2.75) is 31.6 Å². The van der Waals surface area contributed by atoms with Crippen LogP contribution in [-0.2, 0) is 9.30 Å². The zero-order valence-electron chi connectivity index (χ0n) is 10.0. The van der Waals surface area contributed by atoms with Crippen molar-refractivity contribution in [3.05, 3.63) is 12.2 Å². The van der Waals surface area contributed by atoms with E-state index in [-0.39, 0.29) is 30.7 Å². The Morgan fingerprint density at radius 2 is 2.32 bits per heavy atom. The third-order valence-electron chi connectivity index (χ3n) is 2.85. The van der Waals surface area contributed by atoms with Gasteiger partial charge in [0.1, 0.15) is 6.33 Å². The number of nitrogens with zero attached hydrogens (tertiary/aromatic N) is 3. The van der Waals surface area contributed by atoms with E-state index in [1.807, 2.05) is 0 Å². The standard InChI is InChI=1S/C9H15N4O5P/c10-8(14)9-11-5-13(12-9)7-2-1-6(18-7)3-4-19(15,16)17/h5-7H,1-4H2,(H2,10,14)(H2,15,16,17)/t6-,7+/m0/s1. The maximum Gasteiger partial charge on any atom is 0.325 e. The normalized spacial score (nSPS) is 23.7. The molecule has 4 N–H and O–H groups in total. The minimum atomic E-state index is -3.99. The third-order valence-corrected chi connectivity index (χ3v) is 3.69. The number of amides is 1. The minimum absolute atomic E-state index is 0.0812. The second kappa shape index (κ2) is 5.38. The highest BCUT2D eigenvalue weighted by Crippen LogP contribution is 2.38. The molecule has 2 rings (SSSR count). The number of carbonyl (C=O) groups excluding carboxylic acids is 1. The fraction of sp³-hybridized carbons (Fsp3) is 0.667. The average Bonchev–Trinajstić information content (AvgIpc) is 2.94. The van der Waals surface area contributed by atoms with Crippen molar-refractivity contribution in [3.63, 3.8) is 0 Å². The number of primary amides is 1. The Morgan fingerprint density at radius 3 is 2.89 bits per heavy atom. The number of nitrogens with two attached hydrogens (primary N) is 1. The van der Waals surface area contributed by atoms with Crippen LogP contribution in [0.2, 0.25) is 0 Å². The van der Waals surface area contributed by atoms with Gasteiger partial charge in [-0.2, -0.15) is 0 Å². The average molecular weight is 290 g/mol. The first-order chi connectivity index (χ1) is 8.85. The Morgan fingerprint density at radius 1 is 1.58 bits per heavy atom. The van der Waals surface area contributed by atoms with Gasteiger partial charge in [0, 0.05) is 0 Å². The molecule has 0 aromatic carbocycles. The Kier molecular flexibility index (Phi) is 4.00. The van der Waals surface area contributed by atoms with Crippen LogP contribution in [0.25, 0.3) is 0 Å². The molecule has 19 heavy (non-hydrogen) atoms. The third kappa shape index (κ3) is 3.84. The van der Waals surface area contributed by atoms with E-state index in [9.17, 15) is 9.36 Å². The zero-order valence-corrected chi connectivity index (χ0v) is 10.9. The van der Waals surface area contributed by atoms with Gasteiger partial charge in [-0.25, -0.2) is 9.67 Å². The van der Waals surface area contributed by atoms with Crippen LogP contribution in [0.15, 0.2) is 6.33 Å². The molecule has 1 aliphatic heterocycles. The van der Waals surface area contributed by atoms with Crippen LogP contribution in [0.3, 0.4) is 0 Å². The molecule has 9 nitrogen and oxygen atoms in total. The first-order valence-electron chi connectivity index (χ1n) is 5.76. The molecule has 2 atom stereocenters. The maximum atomic E-state index is 10.9. The SMILES string of the molecule is NC(=O)c1ncn([C@H]2CC[C@@H](CCP(=O)(O)O)O2)n1. The van der Waals surface area contributed by atoms with E-state index in [4.69, 9.17) is 20.3 Å². The smallest absolute Gasteiger partial charge is 0.325 e. The van der Waals surface area contributed by atoms with Crippen molar-refractivity contribution >= 4 is 13.5 Å².